The lowest BCUT2D eigenvalue weighted by molar-refractivity contribution is -0.133. The predicted molar refractivity (Wildman–Crippen MR) is 127 cm³/mol. The molecule has 8 heteroatoms. The van der Waals surface area contributed by atoms with Gasteiger partial charge in [-0.3, -0.25) is 9.59 Å². The first-order valence-corrected chi connectivity index (χ1v) is 12.1. The second-order valence-corrected chi connectivity index (χ2v) is 9.44. The summed E-state index contributed by atoms with van der Waals surface area (Å²) in [5.41, 5.74) is 0.794. The molecule has 0 saturated carbocycles. The Kier molecular flexibility index (Phi) is 9.02. The van der Waals surface area contributed by atoms with E-state index in [9.17, 15) is 9.59 Å². The summed E-state index contributed by atoms with van der Waals surface area (Å²) >= 11 is 12.4. The van der Waals surface area contributed by atoms with Gasteiger partial charge in [-0.15, -0.1) is 0 Å². The summed E-state index contributed by atoms with van der Waals surface area (Å²) in [4.78, 5) is 31.3. The average Bonchev–Trinajstić information content (AvgIpc) is 2.79. The third-order valence-corrected chi connectivity index (χ3v) is 7.36. The molecule has 1 aromatic carbocycles. The molecule has 0 aromatic heterocycles. The van der Waals surface area contributed by atoms with Crippen LogP contribution in [0.25, 0.3) is 0 Å². The molecule has 2 aliphatic heterocycles. The zero-order chi connectivity index (χ0) is 22.4. The van der Waals surface area contributed by atoms with E-state index in [1.807, 2.05) is 22.9 Å². The van der Waals surface area contributed by atoms with Crippen LogP contribution in [0.1, 0.15) is 39.0 Å². The summed E-state index contributed by atoms with van der Waals surface area (Å²) in [5.74, 6) is 0.126. The number of rotatable bonds is 7. The van der Waals surface area contributed by atoms with E-state index < -0.39 is 0 Å². The number of nitrogens with zero attached hydrogens (tertiary/aromatic N) is 3. The molecule has 2 amide bonds. The van der Waals surface area contributed by atoms with Crippen LogP contribution in [0.5, 0.6) is 0 Å². The van der Waals surface area contributed by atoms with Gasteiger partial charge in [-0.1, -0.05) is 23.2 Å². The predicted octanol–water partition coefficient (Wildman–Crippen LogP) is 3.66. The maximum Gasteiger partial charge on any atom is 0.230 e. The number of nitrogens with one attached hydrogen (secondary N) is 1. The first kappa shape index (κ1) is 24.3. The van der Waals surface area contributed by atoms with Gasteiger partial charge in [0.1, 0.15) is 0 Å². The molecule has 2 saturated heterocycles. The number of piperidine rings is 2. The first-order valence-electron chi connectivity index (χ1n) is 11.3. The summed E-state index contributed by atoms with van der Waals surface area (Å²) in [7, 11) is 2.03. The molecule has 31 heavy (non-hydrogen) atoms. The second kappa shape index (κ2) is 11.5. The number of amides is 2. The molecule has 2 fully saturated rings. The van der Waals surface area contributed by atoms with E-state index in [-0.39, 0.29) is 17.7 Å². The van der Waals surface area contributed by atoms with Crippen molar-refractivity contribution in [2.24, 2.45) is 5.92 Å². The van der Waals surface area contributed by atoms with E-state index in [1.54, 1.807) is 19.1 Å². The molecule has 172 valence electrons. The van der Waals surface area contributed by atoms with Crippen LogP contribution < -0.4 is 10.2 Å². The molecule has 6 nitrogen and oxygen atoms in total. The lowest BCUT2D eigenvalue weighted by Gasteiger charge is -2.35. The number of hydrogen-bond donors (Lipinski definition) is 1. The second-order valence-electron chi connectivity index (χ2n) is 8.63. The minimum Gasteiger partial charge on any atom is -0.343 e. The van der Waals surface area contributed by atoms with Gasteiger partial charge in [0.25, 0.3) is 0 Å². The molecule has 0 unspecified atom stereocenters. The minimum atomic E-state index is -0.0728. The Morgan fingerprint density at radius 2 is 1.74 bits per heavy atom. The van der Waals surface area contributed by atoms with Gasteiger partial charge in [-0.2, -0.15) is 0 Å². The molecule has 0 aliphatic carbocycles. The van der Waals surface area contributed by atoms with Crippen molar-refractivity contribution in [3.8, 4) is 0 Å². The van der Waals surface area contributed by atoms with Gasteiger partial charge in [0.05, 0.1) is 10.0 Å². The van der Waals surface area contributed by atoms with Crippen molar-refractivity contribution in [3.05, 3.63) is 28.2 Å². The third kappa shape index (κ3) is 6.58. The monoisotopic (exact) mass is 468 g/mol. The highest BCUT2D eigenvalue weighted by Crippen LogP contribution is 2.30. The van der Waals surface area contributed by atoms with Crippen molar-refractivity contribution in [3.63, 3.8) is 0 Å². The molecule has 2 aliphatic rings. The molecule has 0 bridgehead atoms. The molecule has 0 spiro atoms. The van der Waals surface area contributed by atoms with Crippen LogP contribution in [0.4, 0.5) is 5.69 Å². The van der Waals surface area contributed by atoms with Crippen LogP contribution in [-0.4, -0.2) is 74.0 Å². The number of benzene rings is 1. The van der Waals surface area contributed by atoms with Crippen LogP contribution in [0.2, 0.25) is 10.0 Å². The highest BCUT2D eigenvalue weighted by molar-refractivity contribution is 6.42. The standard InChI is InChI=1S/C23H34Cl2N4O2/c1-17(30)28-14-6-18(7-15-28)23(31)29(20-4-5-21(24)22(25)16-20)11-3-10-27-12-8-19(26-2)9-13-27/h4-5,16,18-19,26H,3,6-15H2,1-2H3. The van der Waals surface area contributed by atoms with Crippen molar-refractivity contribution in [1.29, 1.82) is 0 Å². The van der Waals surface area contributed by atoms with Crippen molar-refractivity contribution in [1.82, 2.24) is 15.1 Å². The molecule has 3 rings (SSSR count). The van der Waals surface area contributed by atoms with E-state index in [1.165, 1.54) is 12.8 Å². The smallest absolute Gasteiger partial charge is 0.230 e. The van der Waals surface area contributed by atoms with Gasteiger partial charge in [0.15, 0.2) is 0 Å². The molecular weight excluding hydrogens is 435 g/mol. The first-order chi connectivity index (χ1) is 14.9. The van der Waals surface area contributed by atoms with Crippen LogP contribution in [-0.2, 0) is 9.59 Å². The number of halogens is 2. The van der Waals surface area contributed by atoms with Crippen molar-refractivity contribution < 1.29 is 9.59 Å². The molecule has 2 heterocycles. The Hall–Kier alpha value is -1.34. The van der Waals surface area contributed by atoms with Gasteiger partial charge >= 0.3 is 0 Å². The van der Waals surface area contributed by atoms with Crippen molar-refractivity contribution in [2.75, 3.05) is 51.2 Å². The minimum absolute atomic E-state index is 0.0728. The van der Waals surface area contributed by atoms with Gasteiger partial charge in [0.2, 0.25) is 11.8 Å². The van der Waals surface area contributed by atoms with Crippen molar-refractivity contribution in [2.45, 2.75) is 45.1 Å². The molecule has 1 N–H and O–H groups in total. The van der Waals surface area contributed by atoms with E-state index in [2.05, 4.69) is 10.2 Å². The third-order valence-electron chi connectivity index (χ3n) is 6.62. The van der Waals surface area contributed by atoms with Gasteiger partial charge in [-0.05, 0) is 77.0 Å². The SMILES string of the molecule is CNC1CCN(CCCN(C(=O)C2CCN(C(C)=O)CC2)c2ccc(Cl)c(Cl)c2)CC1. The lowest BCUT2D eigenvalue weighted by Crippen LogP contribution is -2.45. The quantitative estimate of drug-likeness (QED) is 0.663. The fraction of sp³-hybridized carbons (Fsp3) is 0.652. The number of anilines is 1. The summed E-state index contributed by atoms with van der Waals surface area (Å²) in [6, 6.07) is 6.02. The highest BCUT2D eigenvalue weighted by Gasteiger charge is 2.30. The zero-order valence-electron chi connectivity index (χ0n) is 18.6. The fourth-order valence-electron chi connectivity index (χ4n) is 4.58. The van der Waals surface area contributed by atoms with Crippen molar-refractivity contribution >= 4 is 40.7 Å². The number of likely N-dealkylation sites (tertiary alicyclic amines) is 2. The molecule has 0 atom stereocenters. The topological polar surface area (TPSA) is 55.9 Å². The number of carbonyl (C=O) groups excluding carboxylic acids is 2. The van der Waals surface area contributed by atoms with Crippen LogP contribution in [0, 0.1) is 5.92 Å². The van der Waals surface area contributed by atoms with Gasteiger partial charge < -0.3 is 20.0 Å². The van der Waals surface area contributed by atoms with Crippen LogP contribution >= 0.6 is 23.2 Å². The largest absolute Gasteiger partial charge is 0.343 e. The van der Waals surface area contributed by atoms with Gasteiger partial charge in [-0.25, -0.2) is 0 Å². The maximum atomic E-state index is 13.5. The molecular formula is C23H34Cl2N4O2. The summed E-state index contributed by atoms with van der Waals surface area (Å²) in [6.07, 6.45) is 4.64. The highest BCUT2D eigenvalue weighted by atomic mass is 35.5. The van der Waals surface area contributed by atoms with Gasteiger partial charge in [0, 0.05) is 44.2 Å². The van der Waals surface area contributed by atoms with E-state index >= 15 is 0 Å². The lowest BCUT2D eigenvalue weighted by atomic mass is 9.94. The van der Waals surface area contributed by atoms with E-state index in [0.717, 1.165) is 31.7 Å². The van der Waals surface area contributed by atoms with Crippen LogP contribution in [0.15, 0.2) is 18.2 Å². The number of carbonyl (C=O) groups is 2. The van der Waals surface area contributed by atoms with Crippen LogP contribution in [0.3, 0.4) is 0 Å². The Bertz CT molecular complexity index is 760. The molecule has 1 aromatic rings. The zero-order valence-corrected chi connectivity index (χ0v) is 20.1. The summed E-state index contributed by atoms with van der Waals surface area (Å²) in [5, 5.41) is 4.31. The van der Waals surface area contributed by atoms with E-state index in [4.69, 9.17) is 23.2 Å². The normalized spacial score (nSPS) is 18.9. The Morgan fingerprint density at radius 1 is 1.06 bits per heavy atom. The fourth-order valence-corrected chi connectivity index (χ4v) is 4.87. The summed E-state index contributed by atoms with van der Waals surface area (Å²) < 4.78 is 0. The Labute approximate surface area is 195 Å². The Morgan fingerprint density at radius 3 is 2.32 bits per heavy atom. The Balaban J connectivity index is 1.63. The molecule has 0 radical (unpaired) electrons. The average molecular weight is 469 g/mol. The van der Waals surface area contributed by atoms with E-state index in [0.29, 0.717) is 48.6 Å². The maximum absolute atomic E-state index is 13.5. The summed E-state index contributed by atoms with van der Waals surface area (Å²) in [6.45, 7) is 6.68. The number of hydrogen-bond acceptors (Lipinski definition) is 4.